The van der Waals surface area contributed by atoms with Crippen molar-refractivity contribution >= 4 is 37.5 Å². The van der Waals surface area contributed by atoms with Crippen molar-refractivity contribution in [3.05, 3.63) is 18.2 Å². The van der Waals surface area contributed by atoms with Gasteiger partial charge in [0.05, 0.1) is 24.0 Å². The van der Waals surface area contributed by atoms with Gasteiger partial charge in [-0.1, -0.05) is 0 Å². The number of hydrogen-bond donors (Lipinski definition) is 0. The molecule has 2 aliphatic heterocycles. The fourth-order valence-electron chi connectivity index (χ4n) is 3.64. The summed E-state index contributed by atoms with van der Waals surface area (Å²) in [6, 6.07) is 3.84. The van der Waals surface area contributed by atoms with Crippen LogP contribution in [0.2, 0.25) is 0 Å². The topological polar surface area (TPSA) is 121 Å². The first-order chi connectivity index (χ1) is 13.8. The predicted octanol–water partition coefficient (Wildman–Crippen LogP) is 0.251. The van der Waals surface area contributed by atoms with Gasteiger partial charge in [0.25, 0.3) is 0 Å². The van der Waals surface area contributed by atoms with E-state index in [2.05, 4.69) is 0 Å². The van der Waals surface area contributed by atoms with Gasteiger partial charge in [-0.15, -0.1) is 0 Å². The first kappa shape index (κ1) is 22.5. The van der Waals surface area contributed by atoms with E-state index in [4.69, 9.17) is 4.74 Å². The summed E-state index contributed by atoms with van der Waals surface area (Å²) in [6.45, 7) is 5.19. The monoisotopic (exact) mass is 459 g/mol. The molecule has 0 unspecified atom stereocenters. The molecule has 2 fully saturated rings. The molecule has 0 atom stereocenters. The highest BCUT2D eigenvalue weighted by atomic mass is 32.2. The highest BCUT2D eigenvalue weighted by Crippen LogP contribution is 2.39. The maximum Gasteiger partial charge on any atom is 0.247 e. The van der Waals surface area contributed by atoms with Crippen LogP contribution in [0.1, 0.15) is 20.8 Å². The third kappa shape index (κ3) is 3.79. The molecule has 0 saturated carbocycles. The van der Waals surface area contributed by atoms with Crippen molar-refractivity contribution in [3.8, 4) is 5.75 Å². The molecule has 0 aliphatic carbocycles. The van der Waals surface area contributed by atoms with Gasteiger partial charge in [-0.25, -0.2) is 21.1 Å². The number of methoxy groups -OCH3 is 1. The molecule has 166 valence electrons. The van der Waals surface area contributed by atoms with E-state index in [1.54, 1.807) is 4.90 Å². The lowest BCUT2D eigenvalue weighted by molar-refractivity contribution is -0.130. The van der Waals surface area contributed by atoms with Crippen LogP contribution in [0.15, 0.2) is 23.1 Å². The Kier molecular flexibility index (Phi) is 5.63. The molecule has 0 N–H and O–H groups in total. The molecule has 0 bridgehead atoms. The summed E-state index contributed by atoms with van der Waals surface area (Å²) in [4.78, 5) is 25.5. The Bertz CT molecular complexity index is 1090. The molecule has 2 amide bonds. The van der Waals surface area contributed by atoms with E-state index in [1.807, 2.05) is 0 Å². The van der Waals surface area contributed by atoms with Gasteiger partial charge in [0, 0.05) is 33.1 Å². The highest BCUT2D eigenvalue weighted by molar-refractivity contribution is 7.94. The number of sulfonamides is 2. The fraction of sp³-hybridized carbons (Fsp3) is 0.556. The van der Waals surface area contributed by atoms with Crippen molar-refractivity contribution in [1.82, 2.24) is 9.21 Å². The van der Waals surface area contributed by atoms with Crippen molar-refractivity contribution in [1.29, 1.82) is 0 Å². The van der Waals surface area contributed by atoms with Gasteiger partial charge in [0.1, 0.15) is 10.6 Å². The number of carbonyl (C=O) groups excluding carboxylic acids is 2. The molecular weight excluding hydrogens is 434 g/mol. The van der Waals surface area contributed by atoms with Gasteiger partial charge in [0.15, 0.2) is 0 Å². The number of amides is 2. The number of rotatable bonds is 4. The molecule has 3 rings (SSSR count). The van der Waals surface area contributed by atoms with Crippen LogP contribution < -0.4 is 9.04 Å². The van der Waals surface area contributed by atoms with Crippen molar-refractivity contribution in [2.24, 2.45) is 5.41 Å². The zero-order chi connectivity index (χ0) is 22.5. The second-order valence-corrected chi connectivity index (χ2v) is 11.7. The van der Waals surface area contributed by atoms with Crippen LogP contribution in [0, 0.1) is 5.41 Å². The third-order valence-corrected chi connectivity index (χ3v) is 9.21. The van der Waals surface area contributed by atoms with E-state index in [0.29, 0.717) is 4.31 Å². The molecule has 0 spiro atoms. The van der Waals surface area contributed by atoms with Crippen LogP contribution in [-0.2, 0) is 29.6 Å². The number of benzene rings is 1. The Morgan fingerprint density at radius 1 is 1.13 bits per heavy atom. The summed E-state index contributed by atoms with van der Waals surface area (Å²) in [5.74, 6) is -1.07. The molecule has 2 heterocycles. The lowest BCUT2D eigenvalue weighted by atomic mass is 9.95. The first-order valence-electron chi connectivity index (χ1n) is 9.32. The average molecular weight is 460 g/mol. The van der Waals surface area contributed by atoms with Crippen LogP contribution in [0.4, 0.5) is 5.69 Å². The van der Waals surface area contributed by atoms with Gasteiger partial charge in [0.2, 0.25) is 31.9 Å². The second-order valence-electron chi connectivity index (χ2n) is 7.95. The van der Waals surface area contributed by atoms with Crippen molar-refractivity contribution in [2.45, 2.75) is 25.7 Å². The molecular formula is C18H25N3O7S2. The summed E-state index contributed by atoms with van der Waals surface area (Å²) >= 11 is 0. The summed E-state index contributed by atoms with van der Waals surface area (Å²) < 4.78 is 58.8. The van der Waals surface area contributed by atoms with Gasteiger partial charge in [-0.3, -0.25) is 9.59 Å². The molecule has 2 aliphatic rings. The van der Waals surface area contributed by atoms with Crippen LogP contribution in [0.25, 0.3) is 0 Å². The van der Waals surface area contributed by atoms with E-state index in [0.717, 1.165) is 6.07 Å². The summed E-state index contributed by atoms with van der Waals surface area (Å²) in [6.07, 6.45) is 0. The minimum atomic E-state index is -4.05. The molecule has 12 heteroatoms. The van der Waals surface area contributed by atoms with Crippen molar-refractivity contribution < 1.29 is 31.2 Å². The molecule has 1 aromatic rings. The quantitative estimate of drug-likeness (QED) is 0.633. The largest absolute Gasteiger partial charge is 0.495 e. The molecule has 0 radical (unpaired) electrons. The lowest BCUT2D eigenvalue weighted by Crippen LogP contribution is -2.50. The number of hydrogen-bond acceptors (Lipinski definition) is 7. The summed E-state index contributed by atoms with van der Waals surface area (Å²) in [5, 5.41) is 0. The number of carbonyl (C=O) groups is 2. The number of piperazine rings is 1. The highest BCUT2D eigenvalue weighted by Gasteiger charge is 2.50. The standard InChI is InChI=1S/C18H25N3O7S2/c1-13(22)19-7-9-20(10-8-19)30(26,27)16-11-14(5-6-15(16)28-4)21-17(23)18(2,3)12-29(21,24)25/h5-6,11H,7-10,12H2,1-4H3. The van der Waals surface area contributed by atoms with Gasteiger partial charge in [-0.05, 0) is 32.0 Å². The first-order valence-corrected chi connectivity index (χ1v) is 12.4. The lowest BCUT2D eigenvalue weighted by Gasteiger charge is -2.33. The van der Waals surface area contributed by atoms with Crippen molar-refractivity contribution in [2.75, 3.05) is 43.3 Å². The van der Waals surface area contributed by atoms with Gasteiger partial charge >= 0.3 is 0 Å². The van der Waals surface area contributed by atoms with Crippen molar-refractivity contribution in [3.63, 3.8) is 0 Å². The number of anilines is 1. The second kappa shape index (κ2) is 7.50. The van der Waals surface area contributed by atoms with E-state index < -0.39 is 31.4 Å². The Morgan fingerprint density at radius 2 is 1.73 bits per heavy atom. The third-order valence-electron chi connectivity index (χ3n) is 5.27. The maximum atomic E-state index is 13.3. The van der Waals surface area contributed by atoms with E-state index >= 15 is 0 Å². The normalized spacial score (nSPS) is 21.7. The maximum absolute atomic E-state index is 13.3. The SMILES string of the molecule is COc1ccc(N2C(=O)C(C)(C)CS2(=O)=O)cc1S(=O)(=O)N1CCN(C(C)=O)CC1. The van der Waals surface area contributed by atoms with E-state index in [1.165, 1.54) is 44.3 Å². The smallest absolute Gasteiger partial charge is 0.247 e. The molecule has 30 heavy (non-hydrogen) atoms. The Morgan fingerprint density at radius 3 is 2.20 bits per heavy atom. The minimum absolute atomic E-state index is 0.0380. The molecule has 2 saturated heterocycles. The zero-order valence-electron chi connectivity index (χ0n) is 17.3. The van der Waals surface area contributed by atoms with E-state index in [-0.39, 0.29) is 54.2 Å². The van der Waals surface area contributed by atoms with Crippen LogP contribution in [0.3, 0.4) is 0 Å². The zero-order valence-corrected chi connectivity index (χ0v) is 18.9. The summed E-state index contributed by atoms with van der Waals surface area (Å²) in [7, 11) is -6.67. The number of ether oxygens (including phenoxy) is 1. The van der Waals surface area contributed by atoms with Gasteiger partial charge in [-0.2, -0.15) is 4.31 Å². The Balaban J connectivity index is 2.02. The van der Waals surface area contributed by atoms with Crippen LogP contribution in [-0.4, -0.2) is 76.9 Å². The summed E-state index contributed by atoms with van der Waals surface area (Å²) in [5.41, 5.74) is -1.16. The molecule has 0 aromatic heterocycles. The average Bonchev–Trinajstić information content (AvgIpc) is 2.83. The Labute approximate surface area is 176 Å². The fourth-order valence-corrected chi connectivity index (χ4v) is 7.33. The Hall–Kier alpha value is -2.18. The molecule has 10 nitrogen and oxygen atoms in total. The minimum Gasteiger partial charge on any atom is -0.495 e. The number of nitrogens with zero attached hydrogens (tertiary/aromatic N) is 3. The van der Waals surface area contributed by atoms with Crippen LogP contribution in [0.5, 0.6) is 5.75 Å². The van der Waals surface area contributed by atoms with Gasteiger partial charge < -0.3 is 9.64 Å². The molecule has 1 aromatic carbocycles. The van der Waals surface area contributed by atoms with E-state index in [9.17, 15) is 26.4 Å². The van der Waals surface area contributed by atoms with Crippen LogP contribution >= 0.6 is 0 Å². The predicted molar refractivity (Wildman–Crippen MR) is 109 cm³/mol.